The van der Waals surface area contributed by atoms with Gasteiger partial charge in [-0.2, -0.15) is 0 Å². The minimum atomic E-state index is -0.878. The molecule has 0 aliphatic rings. The van der Waals surface area contributed by atoms with Crippen molar-refractivity contribution >= 4 is 5.69 Å². The van der Waals surface area contributed by atoms with E-state index >= 15 is 0 Å². The van der Waals surface area contributed by atoms with Gasteiger partial charge in [0, 0.05) is 12.2 Å². The lowest BCUT2D eigenvalue weighted by atomic mass is 9.96. The van der Waals surface area contributed by atoms with Gasteiger partial charge in [-0.1, -0.05) is 42.5 Å². The Labute approximate surface area is 115 Å². The van der Waals surface area contributed by atoms with Crippen LogP contribution in [0, 0.1) is 13.8 Å². The van der Waals surface area contributed by atoms with Crippen molar-refractivity contribution in [2.24, 2.45) is 0 Å². The van der Waals surface area contributed by atoms with E-state index in [0.29, 0.717) is 6.54 Å². The van der Waals surface area contributed by atoms with Gasteiger partial charge in [-0.05, 0) is 43.5 Å². The maximum absolute atomic E-state index is 10.5. The van der Waals surface area contributed by atoms with Crippen LogP contribution in [0.15, 0.2) is 48.5 Å². The third-order valence-electron chi connectivity index (χ3n) is 3.62. The average Bonchev–Trinajstić information content (AvgIpc) is 2.41. The van der Waals surface area contributed by atoms with Crippen LogP contribution in [-0.2, 0) is 5.60 Å². The van der Waals surface area contributed by atoms with Crippen molar-refractivity contribution in [2.45, 2.75) is 26.4 Å². The van der Waals surface area contributed by atoms with E-state index in [0.717, 1.165) is 11.3 Å². The molecule has 0 amide bonds. The molecule has 2 rings (SSSR count). The molecule has 1 unspecified atom stereocenters. The summed E-state index contributed by atoms with van der Waals surface area (Å²) in [5.41, 5.74) is 3.61. The summed E-state index contributed by atoms with van der Waals surface area (Å²) in [5, 5.41) is 13.9. The highest BCUT2D eigenvalue weighted by atomic mass is 16.3. The molecule has 2 N–H and O–H groups in total. The summed E-state index contributed by atoms with van der Waals surface area (Å²) in [6, 6.07) is 15.9. The smallest absolute Gasteiger partial charge is 0.104 e. The van der Waals surface area contributed by atoms with E-state index in [1.807, 2.05) is 49.4 Å². The Morgan fingerprint density at radius 3 is 2.37 bits per heavy atom. The molecule has 0 aliphatic carbocycles. The van der Waals surface area contributed by atoms with Crippen molar-refractivity contribution in [2.75, 3.05) is 11.9 Å². The summed E-state index contributed by atoms with van der Waals surface area (Å²) in [7, 11) is 0. The van der Waals surface area contributed by atoms with Crippen LogP contribution < -0.4 is 5.32 Å². The number of aliphatic hydroxyl groups is 1. The van der Waals surface area contributed by atoms with E-state index in [-0.39, 0.29) is 0 Å². The van der Waals surface area contributed by atoms with Gasteiger partial charge < -0.3 is 10.4 Å². The van der Waals surface area contributed by atoms with E-state index in [1.54, 1.807) is 0 Å². The first-order valence-electron chi connectivity index (χ1n) is 6.59. The van der Waals surface area contributed by atoms with Crippen LogP contribution in [0.3, 0.4) is 0 Å². The monoisotopic (exact) mass is 255 g/mol. The van der Waals surface area contributed by atoms with Crippen LogP contribution >= 0.6 is 0 Å². The van der Waals surface area contributed by atoms with Crippen molar-refractivity contribution < 1.29 is 5.11 Å². The number of rotatable bonds is 4. The van der Waals surface area contributed by atoms with Gasteiger partial charge in [-0.3, -0.25) is 0 Å². The highest BCUT2D eigenvalue weighted by Gasteiger charge is 2.22. The van der Waals surface area contributed by atoms with Gasteiger partial charge in [0.25, 0.3) is 0 Å². The Balaban J connectivity index is 2.12. The molecule has 0 aromatic heterocycles. The fourth-order valence-corrected chi connectivity index (χ4v) is 2.11. The van der Waals surface area contributed by atoms with Crippen molar-refractivity contribution in [1.82, 2.24) is 0 Å². The van der Waals surface area contributed by atoms with Crippen LogP contribution in [0.5, 0.6) is 0 Å². The summed E-state index contributed by atoms with van der Waals surface area (Å²) in [6.45, 7) is 6.51. The van der Waals surface area contributed by atoms with E-state index in [4.69, 9.17) is 0 Å². The Morgan fingerprint density at radius 1 is 1.00 bits per heavy atom. The topological polar surface area (TPSA) is 32.3 Å². The zero-order chi connectivity index (χ0) is 13.9. The summed E-state index contributed by atoms with van der Waals surface area (Å²) in [6.07, 6.45) is 0. The van der Waals surface area contributed by atoms with Crippen LogP contribution in [0.1, 0.15) is 23.6 Å². The van der Waals surface area contributed by atoms with E-state index < -0.39 is 5.60 Å². The number of hydrogen-bond acceptors (Lipinski definition) is 2. The first-order valence-corrected chi connectivity index (χ1v) is 6.59. The molecule has 0 bridgehead atoms. The molecular weight excluding hydrogens is 234 g/mol. The molecule has 2 nitrogen and oxygen atoms in total. The number of anilines is 1. The average molecular weight is 255 g/mol. The molecule has 0 heterocycles. The van der Waals surface area contributed by atoms with Crippen molar-refractivity contribution in [1.29, 1.82) is 0 Å². The van der Waals surface area contributed by atoms with Gasteiger partial charge >= 0.3 is 0 Å². The lowest BCUT2D eigenvalue weighted by Crippen LogP contribution is -2.30. The number of nitrogens with one attached hydrogen (secondary N) is 1. The number of aryl methyl sites for hydroxylation is 1. The van der Waals surface area contributed by atoms with Crippen LogP contribution in [0.25, 0.3) is 0 Å². The van der Waals surface area contributed by atoms with E-state index in [9.17, 15) is 5.11 Å². The minimum absolute atomic E-state index is 0.487. The van der Waals surface area contributed by atoms with Gasteiger partial charge in [-0.15, -0.1) is 0 Å². The fraction of sp³-hybridized carbons (Fsp3) is 0.294. The Bertz CT molecular complexity index is 546. The van der Waals surface area contributed by atoms with Crippen molar-refractivity contribution in [3.63, 3.8) is 0 Å². The van der Waals surface area contributed by atoms with Gasteiger partial charge in [-0.25, -0.2) is 0 Å². The molecule has 19 heavy (non-hydrogen) atoms. The van der Waals surface area contributed by atoms with Gasteiger partial charge in [0.15, 0.2) is 0 Å². The molecular formula is C17H21NO. The standard InChI is InChI=1S/C17H21NO/c1-13-8-7-11-16(14(13)2)18-12-17(3,19)15-9-5-4-6-10-15/h4-11,18-19H,12H2,1-3H3. The quantitative estimate of drug-likeness (QED) is 0.874. The van der Waals surface area contributed by atoms with Crippen LogP contribution in [0.4, 0.5) is 5.69 Å². The molecule has 2 aromatic rings. The maximum Gasteiger partial charge on any atom is 0.104 e. The second-order valence-electron chi connectivity index (χ2n) is 5.24. The summed E-state index contributed by atoms with van der Waals surface area (Å²) < 4.78 is 0. The summed E-state index contributed by atoms with van der Waals surface area (Å²) in [4.78, 5) is 0. The maximum atomic E-state index is 10.5. The second kappa shape index (κ2) is 5.45. The van der Waals surface area contributed by atoms with E-state index in [2.05, 4.69) is 25.2 Å². The molecule has 0 radical (unpaired) electrons. The minimum Gasteiger partial charge on any atom is -0.384 e. The largest absolute Gasteiger partial charge is 0.384 e. The highest BCUT2D eigenvalue weighted by Crippen LogP contribution is 2.23. The normalized spacial score (nSPS) is 13.9. The Hall–Kier alpha value is -1.80. The lowest BCUT2D eigenvalue weighted by Gasteiger charge is -2.25. The first kappa shape index (κ1) is 13.6. The van der Waals surface area contributed by atoms with Gasteiger partial charge in [0.05, 0.1) is 0 Å². The van der Waals surface area contributed by atoms with E-state index in [1.165, 1.54) is 11.1 Å². The molecule has 0 fully saturated rings. The molecule has 0 spiro atoms. The summed E-state index contributed by atoms with van der Waals surface area (Å²) >= 11 is 0. The van der Waals surface area contributed by atoms with Crippen LogP contribution in [0.2, 0.25) is 0 Å². The lowest BCUT2D eigenvalue weighted by molar-refractivity contribution is 0.0715. The summed E-state index contributed by atoms with van der Waals surface area (Å²) in [5.74, 6) is 0. The zero-order valence-electron chi connectivity index (χ0n) is 11.8. The second-order valence-corrected chi connectivity index (χ2v) is 5.24. The van der Waals surface area contributed by atoms with Crippen molar-refractivity contribution in [3.05, 3.63) is 65.2 Å². The molecule has 2 aromatic carbocycles. The third-order valence-corrected chi connectivity index (χ3v) is 3.62. The number of benzene rings is 2. The first-order chi connectivity index (χ1) is 9.00. The third kappa shape index (κ3) is 3.15. The molecule has 0 aliphatic heterocycles. The molecule has 100 valence electrons. The fourth-order valence-electron chi connectivity index (χ4n) is 2.11. The Kier molecular flexibility index (Phi) is 3.91. The Morgan fingerprint density at radius 2 is 1.68 bits per heavy atom. The highest BCUT2D eigenvalue weighted by molar-refractivity contribution is 5.54. The van der Waals surface area contributed by atoms with Gasteiger partial charge in [0.2, 0.25) is 0 Å². The van der Waals surface area contributed by atoms with Crippen molar-refractivity contribution in [3.8, 4) is 0 Å². The van der Waals surface area contributed by atoms with Crippen LogP contribution in [-0.4, -0.2) is 11.7 Å². The zero-order valence-corrected chi connectivity index (χ0v) is 11.8. The molecule has 0 saturated heterocycles. The SMILES string of the molecule is Cc1cccc(NCC(C)(O)c2ccccc2)c1C. The molecule has 1 atom stereocenters. The molecule has 0 saturated carbocycles. The number of hydrogen-bond donors (Lipinski definition) is 2. The molecule has 2 heteroatoms. The predicted molar refractivity (Wildman–Crippen MR) is 80.4 cm³/mol. The predicted octanol–water partition coefficient (Wildman–Crippen LogP) is 3.62. The van der Waals surface area contributed by atoms with Gasteiger partial charge in [0.1, 0.15) is 5.60 Å².